The number of nitrogens with one attached hydrogen (secondary N) is 2. The number of carbonyl (C=O) groups is 4. The van der Waals surface area contributed by atoms with Crippen molar-refractivity contribution in [1.29, 1.82) is 0 Å². The molecule has 0 unspecified atom stereocenters. The Morgan fingerprint density at radius 1 is 0.676 bits per heavy atom. The standard InChI is InChI=1S/C22H38N2O10/c1-21(2,3)33-19(27)23-15(17(25)29-7)13-31-11-9-10-12-32-14-16(18(26)30-8)24-20(28)34-22(4,5)6/h9-10,15-16H,11-14H2,1-8H3,(H,23,27)(H,24,28)/b10-9+/t15-,16-/m0/s1. The highest BCUT2D eigenvalue weighted by Gasteiger charge is 2.26. The van der Waals surface area contributed by atoms with E-state index in [9.17, 15) is 19.2 Å². The summed E-state index contributed by atoms with van der Waals surface area (Å²) in [6.07, 6.45) is 1.71. The van der Waals surface area contributed by atoms with Crippen LogP contribution in [0.4, 0.5) is 9.59 Å². The first-order chi connectivity index (χ1) is 15.7. The van der Waals surface area contributed by atoms with Crippen LogP contribution in [-0.2, 0) is 38.0 Å². The van der Waals surface area contributed by atoms with Gasteiger partial charge < -0.3 is 39.1 Å². The molecule has 0 heterocycles. The summed E-state index contributed by atoms with van der Waals surface area (Å²) in [5.41, 5.74) is -1.44. The van der Waals surface area contributed by atoms with E-state index >= 15 is 0 Å². The van der Waals surface area contributed by atoms with Gasteiger partial charge in [-0.3, -0.25) is 0 Å². The van der Waals surface area contributed by atoms with Gasteiger partial charge >= 0.3 is 24.1 Å². The lowest BCUT2D eigenvalue weighted by Gasteiger charge is -2.22. The van der Waals surface area contributed by atoms with Crippen LogP contribution in [0.3, 0.4) is 0 Å². The van der Waals surface area contributed by atoms with Gasteiger partial charge in [0.15, 0.2) is 12.1 Å². The largest absolute Gasteiger partial charge is 0.467 e. The monoisotopic (exact) mass is 490 g/mol. The second-order valence-corrected chi connectivity index (χ2v) is 8.99. The molecule has 0 aliphatic heterocycles. The van der Waals surface area contributed by atoms with E-state index in [2.05, 4.69) is 20.1 Å². The lowest BCUT2D eigenvalue weighted by Crippen LogP contribution is -2.46. The Bertz CT molecular complexity index is 637. The Kier molecular flexibility index (Phi) is 13.8. The van der Waals surface area contributed by atoms with Crippen LogP contribution < -0.4 is 10.6 Å². The predicted octanol–water partition coefficient (Wildman–Crippen LogP) is 1.71. The van der Waals surface area contributed by atoms with E-state index in [1.165, 1.54) is 14.2 Å². The zero-order valence-electron chi connectivity index (χ0n) is 21.2. The first-order valence-corrected chi connectivity index (χ1v) is 10.6. The van der Waals surface area contributed by atoms with Crippen molar-refractivity contribution in [3.8, 4) is 0 Å². The minimum atomic E-state index is -1.04. The van der Waals surface area contributed by atoms with Crippen molar-refractivity contribution < 1.29 is 47.6 Å². The molecule has 0 saturated carbocycles. The third-order valence-electron chi connectivity index (χ3n) is 3.52. The fourth-order valence-electron chi connectivity index (χ4n) is 2.17. The maximum absolute atomic E-state index is 11.9. The summed E-state index contributed by atoms with van der Waals surface area (Å²) in [5.74, 6) is -1.35. The van der Waals surface area contributed by atoms with Crippen LogP contribution in [0.15, 0.2) is 12.2 Å². The number of alkyl carbamates (subject to hydrolysis) is 2. The number of esters is 2. The van der Waals surface area contributed by atoms with E-state index in [-0.39, 0.29) is 26.4 Å². The Labute approximate surface area is 200 Å². The van der Waals surface area contributed by atoms with Crippen molar-refractivity contribution >= 4 is 24.1 Å². The van der Waals surface area contributed by atoms with Crippen LogP contribution in [0.2, 0.25) is 0 Å². The summed E-state index contributed by atoms with van der Waals surface area (Å²) >= 11 is 0. The molecule has 12 heteroatoms. The fourth-order valence-corrected chi connectivity index (χ4v) is 2.17. The molecule has 196 valence electrons. The Hall–Kier alpha value is -2.86. The molecule has 2 N–H and O–H groups in total. The van der Waals surface area contributed by atoms with Crippen molar-refractivity contribution in [2.45, 2.75) is 64.8 Å². The molecule has 2 atom stereocenters. The average molecular weight is 491 g/mol. The molecule has 0 spiro atoms. The molecule has 2 amide bonds. The molecule has 0 saturated heterocycles. The lowest BCUT2D eigenvalue weighted by molar-refractivity contribution is -0.145. The molecule has 0 radical (unpaired) electrons. The van der Waals surface area contributed by atoms with E-state index in [1.54, 1.807) is 53.7 Å². The SMILES string of the molecule is COC(=O)[C@H](COC/C=C/COC[C@H](NC(=O)OC(C)(C)C)C(=O)OC)NC(=O)OC(C)(C)C. The van der Waals surface area contributed by atoms with Gasteiger partial charge in [-0.15, -0.1) is 0 Å². The van der Waals surface area contributed by atoms with Gasteiger partial charge in [0.25, 0.3) is 0 Å². The van der Waals surface area contributed by atoms with Crippen molar-refractivity contribution in [2.75, 3.05) is 40.6 Å². The quantitative estimate of drug-likeness (QED) is 0.179. The van der Waals surface area contributed by atoms with E-state index in [4.69, 9.17) is 18.9 Å². The molecule has 0 rings (SSSR count). The normalized spacial score (nSPS) is 13.5. The van der Waals surface area contributed by atoms with Crippen LogP contribution in [0.25, 0.3) is 0 Å². The maximum Gasteiger partial charge on any atom is 0.408 e. The van der Waals surface area contributed by atoms with Gasteiger partial charge in [0, 0.05) is 0 Å². The molecule has 34 heavy (non-hydrogen) atoms. The molecular formula is C22H38N2O10. The number of methoxy groups -OCH3 is 2. The molecule has 0 fully saturated rings. The van der Waals surface area contributed by atoms with Gasteiger partial charge in [-0.2, -0.15) is 0 Å². The van der Waals surface area contributed by atoms with E-state index in [0.29, 0.717) is 0 Å². The maximum atomic E-state index is 11.9. The number of hydrogen-bond acceptors (Lipinski definition) is 10. The summed E-state index contributed by atoms with van der Waals surface area (Å²) < 4.78 is 30.3. The van der Waals surface area contributed by atoms with Crippen LogP contribution in [0, 0.1) is 0 Å². The zero-order chi connectivity index (χ0) is 26.4. The van der Waals surface area contributed by atoms with E-state index in [1.807, 2.05) is 0 Å². The average Bonchev–Trinajstić information content (AvgIpc) is 2.69. The molecule has 0 bridgehead atoms. The highest BCUT2D eigenvalue weighted by molar-refractivity contribution is 5.82. The third-order valence-corrected chi connectivity index (χ3v) is 3.52. The first kappa shape index (κ1) is 31.1. The van der Waals surface area contributed by atoms with Gasteiger partial charge in [0.1, 0.15) is 11.2 Å². The number of hydrogen-bond donors (Lipinski definition) is 2. The van der Waals surface area contributed by atoms with Gasteiger partial charge in [-0.25, -0.2) is 19.2 Å². The zero-order valence-corrected chi connectivity index (χ0v) is 21.2. The van der Waals surface area contributed by atoms with Gasteiger partial charge in [0.2, 0.25) is 0 Å². The fraction of sp³-hybridized carbons (Fsp3) is 0.727. The predicted molar refractivity (Wildman–Crippen MR) is 121 cm³/mol. The number of ether oxygens (including phenoxy) is 6. The van der Waals surface area contributed by atoms with Crippen LogP contribution in [0.1, 0.15) is 41.5 Å². The highest BCUT2D eigenvalue weighted by Crippen LogP contribution is 2.08. The van der Waals surface area contributed by atoms with Gasteiger partial charge in [0.05, 0.1) is 40.6 Å². The van der Waals surface area contributed by atoms with Crippen molar-refractivity contribution in [3.05, 3.63) is 12.2 Å². The number of rotatable bonds is 12. The summed E-state index contributed by atoms with van der Waals surface area (Å²) in [5, 5.41) is 4.79. The number of amides is 2. The lowest BCUT2D eigenvalue weighted by atomic mass is 10.2. The second-order valence-electron chi connectivity index (χ2n) is 8.99. The van der Waals surface area contributed by atoms with Gasteiger partial charge in [-0.1, -0.05) is 12.2 Å². The Morgan fingerprint density at radius 2 is 1.00 bits per heavy atom. The van der Waals surface area contributed by atoms with E-state index in [0.717, 1.165) is 0 Å². The minimum absolute atomic E-state index is 0.115. The summed E-state index contributed by atoms with van der Waals surface area (Å²) in [7, 11) is 2.39. The smallest absolute Gasteiger partial charge is 0.408 e. The van der Waals surface area contributed by atoms with E-state index < -0.39 is 47.4 Å². The second kappa shape index (κ2) is 15.1. The summed E-state index contributed by atoms with van der Waals surface area (Å²) in [6, 6.07) is -2.08. The third kappa shape index (κ3) is 15.9. The molecule has 0 aromatic rings. The molecule has 12 nitrogen and oxygen atoms in total. The summed E-state index contributed by atoms with van der Waals surface area (Å²) in [6.45, 7) is 10.1. The van der Waals surface area contributed by atoms with Crippen LogP contribution in [0.5, 0.6) is 0 Å². The molecule has 0 aliphatic rings. The number of carbonyl (C=O) groups excluding carboxylic acids is 4. The van der Waals surface area contributed by atoms with Crippen molar-refractivity contribution in [3.63, 3.8) is 0 Å². The molecule has 0 aromatic carbocycles. The van der Waals surface area contributed by atoms with Crippen LogP contribution >= 0.6 is 0 Å². The van der Waals surface area contributed by atoms with Crippen molar-refractivity contribution in [1.82, 2.24) is 10.6 Å². The molecular weight excluding hydrogens is 452 g/mol. The Morgan fingerprint density at radius 3 is 1.26 bits per heavy atom. The topological polar surface area (TPSA) is 148 Å². The van der Waals surface area contributed by atoms with Crippen molar-refractivity contribution in [2.24, 2.45) is 0 Å². The molecule has 0 aromatic heterocycles. The highest BCUT2D eigenvalue weighted by atomic mass is 16.6. The Balaban J connectivity index is 4.45. The minimum Gasteiger partial charge on any atom is -0.467 e. The van der Waals surface area contributed by atoms with Gasteiger partial charge in [-0.05, 0) is 41.5 Å². The summed E-state index contributed by atoms with van der Waals surface area (Å²) in [4.78, 5) is 47.4. The van der Waals surface area contributed by atoms with Crippen LogP contribution in [-0.4, -0.2) is 88.1 Å². The first-order valence-electron chi connectivity index (χ1n) is 10.6. The molecule has 0 aliphatic carbocycles.